The van der Waals surface area contributed by atoms with Crippen LogP contribution in [0, 0.1) is 5.82 Å². The number of hydrogen-bond acceptors (Lipinski definition) is 5. The Morgan fingerprint density at radius 3 is 2.38 bits per heavy atom. The quantitative estimate of drug-likeness (QED) is 0.454. The van der Waals surface area contributed by atoms with E-state index in [1.165, 1.54) is 52.7 Å². The number of amides is 1. The van der Waals surface area contributed by atoms with Crippen molar-refractivity contribution in [2.45, 2.75) is 20.1 Å². The van der Waals surface area contributed by atoms with Crippen LogP contribution in [-0.4, -0.2) is 31.0 Å². The SMILES string of the molecule is CC(=O)c1ccc(NC(=O)Cn2ccn3nc(-c4ccc(F)cc4)c(CO)c3c2=O)cc1. The third-order valence-corrected chi connectivity index (χ3v) is 5.02. The number of halogens is 1. The summed E-state index contributed by atoms with van der Waals surface area (Å²) < 4.78 is 15.8. The fourth-order valence-electron chi connectivity index (χ4n) is 3.41. The van der Waals surface area contributed by atoms with Gasteiger partial charge in [0, 0.05) is 34.8 Å². The summed E-state index contributed by atoms with van der Waals surface area (Å²) in [4.78, 5) is 36.8. The van der Waals surface area contributed by atoms with Gasteiger partial charge < -0.3 is 15.0 Å². The molecular weight excluding hydrogens is 415 g/mol. The number of aliphatic hydroxyl groups excluding tert-OH is 1. The van der Waals surface area contributed by atoms with Crippen molar-refractivity contribution in [3.63, 3.8) is 0 Å². The number of nitrogens with one attached hydrogen (secondary N) is 1. The van der Waals surface area contributed by atoms with Crippen molar-refractivity contribution in [2.75, 3.05) is 5.32 Å². The number of carbonyl (C=O) groups excluding carboxylic acids is 2. The number of rotatable bonds is 6. The summed E-state index contributed by atoms with van der Waals surface area (Å²) in [5.74, 6) is -0.925. The Balaban J connectivity index is 1.63. The second kappa shape index (κ2) is 8.56. The maximum Gasteiger partial charge on any atom is 0.277 e. The molecule has 0 saturated carbocycles. The summed E-state index contributed by atoms with van der Waals surface area (Å²) in [6.07, 6.45) is 2.94. The van der Waals surface area contributed by atoms with Crippen LogP contribution in [0.2, 0.25) is 0 Å². The molecule has 0 atom stereocenters. The number of fused-ring (bicyclic) bond motifs is 1. The van der Waals surface area contributed by atoms with Crippen molar-refractivity contribution in [3.8, 4) is 11.3 Å². The van der Waals surface area contributed by atoms with Gasteiger partial charge in [0.2, 0.25) is 5.91 Å². The highest BCUT2D eigenvalue weighted by molar-refractivity contribution is 5.95. The largest absolute Gasteiger partial charge is 0.392 e. The number of carbonyl (C=O) groups is 2. The van der Waals surface area contributed by atoms with Crippen LogP contribution in [-0.2, 0) is 17.9 Å². The van der Waals surface area contributed by atoms with E-state index in [4.69, 9.17) is 0 Å². The van der Waals surface area contributed by atoms with Gasteiger partial charge in [-0.25, -0.2) is 8.91 Å². The lowest BCUT2D eigenvalue weighted by atomic mass is 10.1. The molecule has 2 heterocycles. The van der Waals surface area contributed by atoms with E-state index in [1.54, 1.807) is 24.3 Å². The number of hydrogen-bond donors (Lipinski definition) is 2. The van der Waals surface area contributed by atoms with E-state index in [0.717, 1.165) is 0 Å². The standard InChI is InChI=1S/C23H19FN4O4/c1-14(30)15-4-8-18(9-5-15)25-20(31)12-27-10-11-28-22(23(27)32)19(13-29)21(26-28)16-2-6-17(24)7-3-16/h2-11,29H,12-13H2,1H3,(H,25,31). The van der Waals surface area contributed by atoms with Crippen molar-refractivity contribution in [1.82, 2.24) is 14.2 Å². The Bertz CT molecular complexity index is 1370. The maximum atomic E-state index is 13.3. The van der Waals surface area contributed by atoms with Crippen LogP contribution in [0.3, 0.4) is 0 Å². The van der Waals surface area contributed by atoms with Crippen LogP contribution in [0.15, 0.2) is 65.7 Å². The fourth-order valence-corrected chi connectivity index (χ4v) is 3.41. The number of Topliss-reactive ketones (excluding diaryl/α,β-unsaturated/α-hetero) is 1. The Kier molecular flexibility index (Phi) is 5.65. The van der Waals surface area contributed by atoms with Gasteiger partial charge in [0.1, 0.15) is 17.9 Å². The Hall–Kier alpha value is -4.11. The van der Waals surface area contributed by atoms with Gasteiger partial charge in [-0.3, -0.25) is 14.4 Å². The molecule has 2 aromatic heterocycles. The zero-order chi connectivity index (χ0) is 22.8. The normalized spacial score (nSPS) is 11.0. The second-order valence-corrected chi connectivity index (χ2v) is 7.20. The second-order valence-electron chi connectivity index (χ2n) is 7.20. The highest BCUT2D eigenvalue weighted by Crippen LogP contribution is 2.25. The molecule has 0 aliphatic heterocycles. The van der Waals surface area contributed by atoms with Crippen molar-refractivity contribution < 1.29 is 19.1 Å². The monoisotopic (exact) mass is 434 g/mol. The predicted octanol–water partition coefficient (Wildman–Crippen LogP) is 2.64. The molecule has 0 saturated heterocycles. The number of anilines is 1. The average Bonchev–Trinajstić information content (AvgIpc) is 3.16. The van der Waals surface area contributed by atoms with Crippen LogP contribution < -0.4 is 10.9 Å². The van der Waals surface area contributed by atoms with E-state index in [1.807, 2.05) is 0 Å². The maximum absolute atomic E-state index is 13.3. The minimum atomic E-state index is -0.500. The van der Waals surface area contributed by atoms with Gasteiger partial charge in [-0.15, -0.1) is 0 Å². The molecule has 4 aromatic rings. The molecule has 1 amide bonds. The first-order chi connectivity index (χ1) is 15.4. The van der Waals surface area contributed by atoms with E-state index < -0.39 is 23.9 Å². The van der Waals surface area contributed by atoms with Crippen LogP contribution >= 0.6 is 0 Å². The van der Waals surface area contributed by atoms with Crippen molar-refractivity contribution >= 4 is 22.9 Å². The minimum Gasteiger partial charge on any atom is -0.392 e. The third-order valence-electron chi connectivity index (χ3n) is 5.02. The van der Waals surface area contributed by atoms with E-state index in [2.05, 4.69) is 10.4 Å². The summed E-state index contributed by atoms with van der Waals surface area (Å²) in [6, 6.07) is 12.0. The van der Waals surface area contributed by atoms with Gasteiger partial charge in [-0.2, -0.15) is 5.10 Å². The van der Waals surface area contributed by atoms with E-state index >= 15 is 0 Å². The summed E-state index contributed by atoms with van der Waals surface area (Å²) in [5, 5.41) is 16.9. The van der Waals surface area contributed by atoms with Gasteiger partial charge in [0.15, 0.2) is 5.78 Å². The first-order valence-electron chi connectivity index (χ1n) is 9.75. The van der Waals surface area contributed by atoms with Crippen molar-refractivity contribution in [3.05, 3.63) is 88.2 Å². The van der Waals surface area contributed by atoms with Gasteiger partial charge in [0.25, 0.3) is 5.56 Å². The molecule has 0 aliphatic carbocycles. The molecule has 2 N–H and O–H groups in total. The summed E-state index contributed by atoms with van der Waals surface area (Å²) in [5.41, 5.74) is 1.85. The molecule has 0 unspecified atom stereocenters. The van der Waals surface area contributed by atoms with Crippen LogP contribution in [0.4, 0.5) is 10.1 Å². The number of aromatic nitrogens is 3. The number of nitrogens with zero attached hydrogens (tertiary/aromatic N) is 3. The first-order valence-corrected chi connectivity index (χ1v) is 9.75. The lowest BCUT2D eigenvalue weighted by Crippen LogP contribution is -2.28. The Morgan fingerprint density at radius 1 is 1.06 bits per heavy atom. The molecule has 2 aromatic carbocycles. The molecule has 32 heavy (non-hydrogen) atoms. The topological polar surface area (TPSA) is 106 Å². The average molecular weight is 434 g/mol. The van der Waals surface area contributed by atoms with Crippen molar-refractivity contribution in [2.24, 2.45) is 0 Å². The van der Waals surface area contributed by atoms with Gasteiger partial charge in [0.05, 0.1) is 12.3 Å². The molecule has 0 bridgehead atoms. The lowest BCUT2D eigenvalue weighted by molar-refractivity contribution is -0.116. The summed E-state index contributed by atoms with van der Waals surface area (Å²) in [7, 11) is 0. The number of aliphatic hydroxyl groups is 1. The Labute approximate surface area is 181 Å². The van der Waals surface area contributed by atoms with E-state index in [0.29, 0.717) is 22.5 Å². The smallest absolute Gasteiger partial charge is 0.277 e. The molecule has 0 spiro atoms. The zero-order valence-electron chi connectivity index (χ0n) is 17.1. The van der Waals surface area contributed by atoms with Gasteiger partial charge in [-0.05, 0) is 55.5 Å². The lowest BCUT2D eigenvalue weighted by Gasteiger charge is -2.08. The van der Waals surface area contributed by atoms with Gasteiger partial charge in [-0.1, -0.05) is 0 Å². The molecule has 8 nitrogen and oxygen atoms in total. The van der Waals surface area contributed by atoms with Crippen LogP contribution in [0.5, 0.6) is 0 Å². The molecule has 0 aliphatic rings. The highest BCUT2D eigenvalue weighted by Gasteiger charge is 2.18. The Morgan fingerprint density at radius 2 is 1.75 bits per heavy atom. The zero-order valence-corrected chi connectivity index (χ0v) is 17.1. The minimum absolute atomic E-state index is 0.0803. The molecule has 0 radical (unpaired) electrons. The molecule has 0 fully saturated rings. The molecular formula is C23H19FN4O4. The summed E-state index contributed by atoms with van der Waals surface area (Å²) >= 11 is 0. The summed E-state index contributed by atoms with van der Waals surface area (Å²) in [6.45, 7) is 0.741. The highest BCUT2D eigenvalue weighted by atomic mass is 19.1. The van der Waals surface area contributed by atoms with E-state index in [-0.39, 0.29) is 23.4 Å². The van der Waals surface area contributed by atoms with E-state index in [9.17, 15) is 23.9 Å². The third kappa shape index (κ3) is 4.06. The fraction of sp³-hybridized carbons (Fsp3) is 0.130. The van der Waals surface area contributed by atoms with Crippen molar-refractivity contribution in [1.29, 1.82) is 0 Å². The predicted molar refractivity (Wildman–Crippen MR) is 116 cm³/mol. The first kappa shape index (κ1) is 21.1. The van der Waals surface area contributed by atoms with Gasteiger partial charge >= 0.3 is 0 Å². The molecule has 9 heteroatoms. The number of ketones is 1. The van der Waals surface area contributed by atoms with Crippen LogP contribution in [0.1, 0.15) is 22.8 Å². The molecule has 162 valence electrons. The number of benzene rings is 2. The van der Waals surface area contributed by atoms with Crippen LogP contribution in [0.25, 0.3) is 16.8 Å². The molecule has 4 rings (SSSR count).